The van der Waals surface area contributed by atoms with Gasteiger partial charge in [0, 0.05) is 16.1 Å². The molecule has 1 fully saturated rings. The minimum absolute atomic E-state index is 0.0313. The molecule has 2 heterocycles. The third-order valence-corrected chi connectivity index (χ3v) is 5.36. The van der Waals surface area contributed by atoms with Crippen LogP contribution in [-0.2, 0) is 9.59 Å². The average molecular weight is 469 g/mol. The summed E-state index contributed by atoms with van der Waals surface area (Å²) >= 11 is 3.39. The lowest BCUT2D eigenvalue weighted by molar-refractivity contribution is -0.132. The minimum atomic E-state index is -0.867. The van der Waals surface area contributed by atoms with E-state index in [1.54, 1.807) is 61.5 Å². The van der Waals surface area contributed by atoms with Gasteiger partial charge in [-0.25, -0.2) is 0 Å². The van der Waals surface area contributed by atoms with E-state index in [-0.39, 0.29) is 17.2 Å². The third kappa shape index (κ3) is 3.39. The molecule has 1 atom stereocenters. The van der Waals surface area contributed by atoms with Gasteiger partial charge in [0.05, 0.1) is 18.7 Å². The van der Waals surface area contributed by atoms with E-state index in [0.717, 1.165) is 4.47 Å². The molecule has 1 aliphatic heterocycles. The van der Waals surface area contributed by atoms with Gasteiger partial charge in [0.25, 0.3) is 5.78 Å². The van der Waals surface area contributed by atoms with Crippen LogP contribution in [0.15, 0.2) is 69.2 Å². The zero-order chi connectivity index (χ0) is 21.4. The molecule has 0 saturated carbocycles. The number of amides is 1. The lowest BCUT2D eigenvalue weighted by Crippen LogP contribution is -2.29. The number of ketones is 1. The molecule has 1 aliphatic rings. The molecule has 0 bridgehead atoms. The van der Waals surface area contributed by atoms with Crippen LogP contribution < -0.4 is 9.64 Å². The van der Waals surface area contributed by atoms with Crippen molar-refractivity contribution >= 4 is 39.2 Å². The van der Waals surface area contributed by atoms with E-state index < -0.39 is 17.7 Å². The summed E-state index contributed by atoms with van der Waals surface area (Å²) in [5.74, 6) is -0.672. The van der Waals surface area contributed by atoms with Gasteiger partial charge >= 0.3 is 5.91 Å². The second-order valence-corrected chi connectivity index (χ2v) is 7.66. The number of nitrogens with zero attached hydrogens (tertiary/aromatic N) is 2. The van der Waals surface area contributed by atoms with Crippen molar-refractivity contribution in [3.8, 4) is 5.75 Å². The number of Topliss-reactive ketones (excluding diaryl/α,β-unsaturated/α-hetero) is 1. The Balaban J connectivity index is 1.94. The maximum Gasteiger partial charge on any atom is 0.301 e. The van der Waals surface area contributed by atoms with Gasteiger partial charge in [-0.05, 0) is 36.8 Å². The van der Waals surface area contributed by atoms with Crippen molar-refractivity contribution in [2.75, 3.05) is 12.0 Å². The quantitative estimate of drug-likeness (QED) is 0.347. The van der Waals surface area contributed by atoms with Gasteiger partial charge in [-0.1, -0.05) is 45.4 Å². The number of carbonyl (C=O) groups excluding carboxylic acids is 2. The summed E-state index contributed by atoms with van der Waals surface area (Å²) in [6.45, 7) is 1.69. The normalized spacial score (nSPS) is 18.1. The van der Waals surface area contributed by atoms with Crippen LogP contribution in [-0.4, -0.2) is 29.1 Å². The van der Waals surface area contributed by atoms with Crippen LogP contribution >= 0.6 is 15.9 Å². The highest BCUT2D eigenvalue weighted by atomic mass is 79.9. The lowest BCUT2D eigenvalue weighted by atomic mass is 9.95. The van der Waals surface area contributed by atoms with E-state index in [4.69, 9.17) is 9.26 Å². The number of methoxy groups -OCH3 is 1. The molecule has 30 heavy (non-hydrogen) atoms. The third-order valence-electron chi connectivity index (χ3n) is 4.84. The van der Waals surface area contributed by atoms with Crippen LogP contribution in [0, 0.1) is 6.92 Å². The number of carbonyl (C=O) groups is 2. The first-order valence-corrected chi connectivity index (χ1v) is 9.84. The van der Waals surface area contributed by atoms with Crippen LogP contribution in [0.4, 0.5) is 5.82 Å². The number of hydrogen-bond donors (Lipinski definition) is 1. The fourth-order valence-corrected chi connectivity index (χ4v) is 3.69. The number of rotatable bonds is 4. The van der Waals surface area contributed by atoms with Gasteiger partial charge in [0.1, 0.15) is 17.3 Å². The van der Waals surface area contributed by atoms with Crippen LogP contribution in [0.2, 0.25) is 0 Å². The maximum atomic E-state index is 13.0. The molecule has 1 amide bonds. The molecule has 1 N–H and O–H groups in total. The van der Waals surface area contributed by atoms with E-state index in [9.17, 15) is 14.7 Å². The number of aryl methyl sites for hydroxylation is 1. The Labute approximate surface area is 180 Å². The van der Waals surface area contributed by atoms with E-state index in [0.29, 0.717) is 22.6 Å². The molecule has 1 unspecified atom stereocenters. The van der Waals surface area contributed by atoms with Crippen molar-refractivity contribution in [3.05, 3.63) is 81.5 Å². The number of aliphatic hydroxyl groups is 1. The van der Waals surface area contributed by atoms with Crippen molar-refractivity contribution in [3.63, 3.8) is 0 Å². The molecule has 1 aromatic heterocycles. The van der Waals surface area contributed by atoms with Gasteiger partial charge < -0.3 is 14.4 Å². The van der Waals surface area contributed by atoms with E-state index in [1.165, 1.54) is 12.0 Å². The molecule has 152 valence electrons. The molecule has 7 nitrogen and oxygen atoms in total. The first-order valence-electron chi connectivity index (χ1n) is 9.05. The molecular weight excluding hydrogens is 452 g/mol. The summed E-state index contributed by atoms with van der Waals surface area (Å²) in [6, 6.07) is 14.5. The maximum absolute atomic E-state index is 13.0. The van der Waals surface area contributed by atoms with Gasteiger partial charge in [-0.2, -0.15) is 0 Å². The highest BCUT2D eigenvalue weighted by molar-refractivity contribution is 9.10. The highest BCUT2D eigenvalue weighted by Crippen LogP contribution is 2.42. The summed E-state index contributed by atoms with van der Waals surface area (Å²) in [7, 11) is 1.51. The largest absolute Gasteiger partial charge is 0.507 e. The molecule has 0 aliphatic carbocycles. The Morgan fingerprint density at radius 3 is 2.53 bits per heavy atom. The predicted molar refractivity (Wildman–Crippen MR) is 113 cm³/mol. The molecule has 3 aromatic rings. The Kier molecular flexibility index (Phi) is 5.17. The molecule has 8 heteroatoms. The van der Waals surface area contributed by atoms with Gasteiger partial charge in [0.2, 0.25) is 0 Å². The van der Waals surface area contributed by atoms with Crippen LogP contribution in [0.25, 0.3) is 5.76 Å². The number of benzene rings is 2. The Morgan fingerprint density at radius 2 is 1.90 bits per heavy atom. The standard InChI is InChI=1S/C22H17BrN2O5/c1-12-10-17(24-30-12)25-19(13-6-8-15(23)9-7-13)18(21(27)22(25)28)20(26)14-4-3-5-16(11-14)29-2/h3-11,19,26H,1-2H3. The number of aliphatic hydroxyl groups excluding tert-OH is 1. The highest BCUT2D eigenvalue weighted by Gasteiger charge is 2.48. The fourth-order valence-electron chi connectivity index (χ4n) is 3.42. The van der Waals surface area contributed by atoms with E-state index in [2.05, 4.69) is 21.1 Å². The van der Waals surface area contributed by atoms with E-state index >= 15 is 0 Å². The molecular formula is C22H17BrN2O5. The second kappa shape index (κ2) is 7.79. The molecule has 0 spiro atoms. The zero-order valence-corrected chi connectivity index (χ0v) is 17.7. The fraction of sp³-hybridized carbons (Fsp3) is 0.136. The van der Waals surface area contributed by atoms with Gasteiger partial charge in [0.15, 0.2) is 5.82 Å². The summed E-state index contributed by atoms with van der Waals surface area (Å²) in [5.41, 5.74) is 0.976. The summed E-state index contributed by atoms with van der Waals surface area (Å²) in [5, 5.41) is 15.0. The number of aromatic nitrogens is 1. The summed E-state index contributed by atoms with van der Waals surface area (Å²) in [4.78, 5) is 27.2. The van der Waals surface area contributed by atoms with Crippen LogP contribution in [0.3, 0.4) is 0 Å². The van der Waals surface area contributed by atoms with Crippen molar-refractivity contribution in [2.45, 2.75) is 13.0 Å². The van der Waals surface area contributed by atoms with Gasteiger partial charge in [-0.15, -0.1) is 0 Å². The first kappa shape index (κ1) is 19.9. The molecule has 2 aromatic carbocycles. The smallest absolute Gasteiger partial charge is 0.301 e. The number of ether oxygens (including phenoxy) is 1. The lowest BCUT2D eigenvalue weighted by Gasteiger charge is -2.23. The molecule has 1 saturated heterocycles. The van der Waals surface area contributed by atoms with Crippen molar-refractivity contribution in [1.29, 1.82) is 0 Å². The van der Waals surface area contributed by atoms with Crippen molar-refractivity contribution < 1.29 is 24.0 Å². The number of anilines is 1. The first-order chi connectivity index (χ1) is 14.4. The SMILES string of the molecule is COc1cccc(C(O)=C2C(=O)C(=O)N(c3cc(C)on3)C2c2ccc(Br)cc2)c1. The zero-order valence-electron chi connectivity index (χ0n) is 16.1. The minimum Gasteiger partial charge on any atom is -0.507 e. The number of halogens is 1. The Morgan fingerprint density at radius 1 is 1.17 bits per heavy atom. The van der Waals surface area contributed by atoms with Crippen molar-refractivity contribution in [2.24, 2.45) is 0 Å². The van der Waals surface area contributed by atoms with Crippen molar-refractivity contribution in [1.82, 2.24) is 5.16 Å². The monoisotopic (exact) mass is 468 g/mol. The average Bonchev–Trinajstić information content (AvgIpc) is 3.29. The summed E-state index contributed by atoms with van der Waals surface area (Å²) in [6.07, 6.45) is 0. The van der Waals surface area contributed by atoms with Crippen LogP contribution in [0.5, 0.6) is 5.75 Å². The molecule has 0 radical (unpaired) electrons. The van der Waals surface area contributed by atoms with Gasteiger partial charge in [-0.3, -0.25) is 14.5 Å². The Hall–Kier alpha value is -3.39. The van der Waals surface area contributed by atoms with E-state index in [1.807, 2.05) is 0 Å². The second-order valence-electron chi connectivity index (χ2n) is 6.75. The number of hydrogen-bond acceptors (Lipinski definition) is 6. The molecule has 4 rings (SSSR count). The Bertz CT molecular complexity index is 1170. The predicted octanol–water partition coefficient (Wildman–Crippen LogP) is 4.38. The van der Waals surface area contributed by atoms with Crippen LogP contribution in [0.1, 0.15) is 22.9 Å². The summed E-state index contributed by atoms with van der Waals surface area (Å²) < 4.78 is 11.2. The topological polar surface area (TPSA) is 92.9 Å².